The van der Waals surface area contributed by atoms with Gasteiger partial charge in [-0.2, -0.15) is 0 Å². The van der Waals surface area contributed by atoms with Gasteiger partial charge in [-0.25, -0.2) is 4.98 Å². The van der Waals surface area contributed by atoms with Crippen LogP contribution in [0, 0.1) is 13.8 Å². The number of aromatic nitrogens is 1. The fraction of sp³-hybridized carbons (Fsp3) is 0.286. The van der Waals surface area contributed by atoms with E-state index in [4.69, 9.17) is 0 Å². The number of nitrogens with zero attached hydrogens (tertiary/aromatic N) is 1. The number of halogens is 1. The maximum absolute atomic E-state index is 12.1. The summed E-state index contributed by atoms with van der Waals surface area (Å²) in [5.74, 6) is -0.0520. The van der Waals surface area contributed by atoms with E-state index in [1.807, 2.05) is 37.4 Å². The Morgan fingerprint density at radius 1 is 1.42 bits per heavy atom. The van der Waals surface area contributed by atoms with Crippen LogP contribution in [0.2, 0.25) is 0 Å². The van der Waals surface area contributed by atoms with Crippen LogP contribution in [0.3, 0.4) is 0 Å². The molecule has 100 valence electrons. The molecule has 0 saturated heterocycles. The first-order valence-corrected chi connectivity index (χ1v) is 7.69. The highest BCUT2D eigenvalue weighted by molar-refractivity contribution is 9.10. The smallest absolute Gasteiger partial charge is 0.252 e. The number of carbonyl (C=O) groups is 1. The molecular formula is C14H15BrN2OS. The van der Waals surface area contributed by atoms with E-state index in [2.05, 4.69) is 26.2 Å². The van der Waals surface area contributed by atoms with E-state index in [1.54, 1.807) is 11.3 Å². The van der Waals surface area contributed by atoms with Gasteiger partial charge in [0.1, 0.15) is 0 Å². The number of hydrogen-bond acceptors (Lipinski definition) is 3. The Morgan fingerprint density at radius 2 is 2.21 bits per heavy atom. The van der Waals surface area contributed by atoms with Crippen LogP contribution in [0.25, 0.3) is 0 Å². The first kappa shape index (κ1) is 14.2. The minimum atomic E-state index is -0.0520. The molecule has 1 aromatic heterocycles. The van der Waals surface area contributed by atoms with Crippen molar-refractivity contribution in [3.8, 4) is 0 Å². The van der Waals surface area contributed by atoms with Crippen LogP contribution in [-0.4, -0.2) is 17.4 Å². The summed E-state index contributed by atoms with van der Waals surface area (Å²) in [4.78, 5) is 16.4. The number of rotatable bonds is 4. The van der Waals surface area contributed by atoms with E-state index < -0.39 is 0 Å². The highest BCUT2D eigenvalue weighted by Crippen LogP contribution is 2.20. The molecule has 0 saturated carbocycles. The van der Waals surface area contributed by atoms with Crippen molar-refractivity contribution in [3.05, 3.63) is 49.9 Å². The van der Waals surface area contributed by atoms with Crippen molar-refractivity contribution in [2.75, 3.05) is 6.54 Å². The van der Waals surface area contributed by atoms with Crippen molar-refractivity contribution >= 4 is 33.2 Å². The van der Waals surface area contributed by atoms with Crippen LogP contribution in [-0.2, 0) is 6.42 Å². The largest absolute Gasteiger partial charge is 0.352 e. The molecule has 0 fully saturated rings. The van der Waals surface area contributed by atoms with Crippen molar-refractivity contribution in [1.82, 2.24) is 10.3 Å². The van der Waals surface area contributed by atoms with E-state index in [-0.39, 0.29) is 5.91 Å². The number of nitrogens with one attached hydrogen (secondary N) is 1. The van der Waals surface area contributed by atoms with Gasteiger partial charge in [0.2, 0.25) is 0 Å². The van der Waals surface area contributed by atoms with Gasteiger partial charge in [-0.1, -0.05) is 12.1 Å². The molecule has 0 atom stereocenters. The Balaban J connectivity index is 1.93. The monoisotopic (exact) mass is 338 g/mol. The second-order valence-corrected chi connectivity index (χ2v) is 6.06. The molecule has 19 heavy (non-hydrogen) atoms. The SMILES string of the molecule is Cc1csc(CCNC(=O)c2cccc(C)c2Br)n1. The third kappa shape index (κ3) is 3.64. The molecular weight excluding hydrogens is 324 g/mol. The van der Waals surface area contributed by atoms with E-state index in [1.165, 1.54) is 0 Å². The number of hydrogen-bond donors (Lipinski definition) is 1. The quantitative estimate of drug-likeness (QED) is 0.926. The van der Waals surface area contributed by atoms with Crippen LogP contribution in [0.5, 0.6) is 0 Å². The lowest BCUT2D eigenvalue weighted by Gasteiger charge is -2.07. The van der Waals surface area contributed by atoms with Crippen molar-refractivity contribution in [3.63, 3.8) is 0 Å². The van der Waals surface area contributed by atoms with Gasteiger partial charge in [0, 0.05) is 28.5 Å². The first-order valence-electron chi connectivity index (χ1n) is 6.02. The normalized spacial score (nSPS) is 10.5. The third-order valence-electron chi connectivity index (χ3n) is 2.73. The average Bonchev–Trinajstić information content (AvgIpc) is 2.78. The molecule has 1 amide bonds. The number of carbonyl (C=O) groups excluding carboxylic acids is 1. The summed E-state index contributed by atoms with van der Waals surface area (Å²) < 4.78 is 0.859. The summed E-state index contributed by atoms with van der Waals surface area (Å²) >= 11 is 5.08. The number of benzene rings is 1. The van der Waals surface area contributed by atoms with Gasteiger partial charge in [-0.05, 0) is 41.4 Å². The molecule has 0 aliphatic heterocycles. The molecule has 2 rings (SSSR count). The Morgan fingerprint density at radius 3 is 2.89 bits per heavy atom. The highest BCUT2D eigenvalue weighted by Gasteiger charge is 2.10. The lowest BCUT2D eigenvalue weighted by Crippen LogP contribution is -2.26. The minimum Gasteiger partial charge on any atom is -0.352 e. The third-order valence-corrected chi connectivity index (χ3v) is 4.81. The fourth-order valence-electron chi connectivity index (χ4n) is 1.72. The lowest BCUT2D eigenvalue weighted by atomic mass is 10.1. The van der Waals surface area contributed by atoms with Crippen molar-refractivity contribution in [2.45, 2.75) is 20.3 Å². The molecule has 0 aliphatic carbocycles. The number of aryl methyl sites for hydroxylation is 2. The Bertz CT molecular complexity index is 595. The Hall–Kier alpha value is -1.20. The molecule has 3 nitrogen and oxygen atoms in total. The molecule has 0 spiro atoms. The summed E-state index contributed by atoms with van der Waals surface area (Å²) in [6, 6.07) is 5.68. The topological polar surface area (TPSA) is 42.0 Å². The number of thiazole rings is 1. The summed E-state index contributed by atoms with van der Waals surface area (Å²) in [5, 5.41) is 6.00. The predicted molar refractivity (Wildman–Crippen MR) is 81.8 cm³/mol. The lowest BCUT2D eigenvalue weighted by molar-refractivity contribution is 0.0953. The molecule has 1 heterocycles. The highest BCUT2D eigenvalue weighted by atomic mass is 79.9. The van der Waals surface area contributed by atoms with Gasteiger partial charge in [-0.15, -0.1) is 11.3 Å². The Labute approximate surface area is 125 Å². The van der Waals surface area contributed by atoms with Crippen LogP contribution in [0.4, 0.5) is 0 Å². The van der Waals surface area contributed by atoms with E-state index in [0.717, 1.165) is 27.2 Å². The van der Waals surface area contributed by atoms with Gasteiger partial charge in [-0.3, -0.25) is 4.79 Å². The molecule has 2 aromatic rings. The molecule has 0 bridgehead atoms. The van der Waals surface area contributed by atoms with E-state index in [0.29, 0.717) is 12.1 Å². The second kappa shape index (κ2) is 6.30. The standard InChI is InChI=1S/C14H15BrN2OS/c1-9-4-3-5-11(13(9)15)14(18)16-7-6-12-17-10(2)8-19-12/h3-5,8H,6-7H2,1-2H3,(H,16,18). The summed E-state index contributed by atoms with van der Waals surface area (Å²) in [6.45, 7) is 4.55. The van der Waals surface area contributed by atoms with Crippen LogP contribution in [0.1, 0.15) is 26.6 Å². The molecule has 0 aliphatic rings. The molecule has 1 N–H and O–H groups in total. The van der Waals surface area contributed by atoms with Crippen molar-refractivity contribution < 1.29 is 4.79 Å². The zero-order chi connectivity index (χ0) is 13.8. The van der Waals surface area contributed by atoms with Crippen LogP contribution >= 0.6 is 27.3 Å². The van der Waals surface area contributed by atoms with Crippen LogP contribution in [0.15, 0.2) is 28.1 Å². The average molecular weight is 339 g/mol. The molecule has 5 heteroatoms. The predicted octanol–water partition coefficient (Wildman–Crippen LogP) is 3.49. The number of amides is 1. The maximum Gasteiger partial charge on any atom is 0.252 e. The van der Waals surface area contributed by atoms with E-state index >= 15 is 0 Å². The van der Waals surface area contributed by atoms with Gasteiger partial charge >= 0.3 is 0 Å². The summed E-state index contributed by atoms with van der Waals surface area (Å²) in [5.41, 5.74) is 2.77. The van der Waals surface area contributed by atoms with Gasteiger partial charge in [0.25, 0.3) is 5.91 Å². The summed E-state index contributed by atoms with van der Waals surface area (Å²) in [7, 11) is 0. The van der Waals surface area contributed by atoms with Gasteiger partial charge < -0.3 is 5.32 Å². The van der Waals surface area contributed by atoms with Crippen LogP contribution < -0.4 is 5.32 Å². The van der Waals surface area contributed by atoms with E-state index in [9.17, 15) is 4.79 Å². The maximum atomic E-state index is 12.1. The van der Waals surface area contributed by atoms with Crippen molar-refractivity contribution in [2.24, 2.45) is 0 Å². The fourth-order valence-corrected chi connectivity index (χ4v) is 2.94. The van der Waals surface area contributed by atoms with Crippen molar-refractivity contribution in [1.29, 1.82) is 0 Å². The molecule has 0 unspecified atom stereocenters. The minimum absolute atomic E-state index is 0.0520. The summed E-state index contributed by atoms with van der Waals surface area (Å²) in [6.07, 6.45) is 0.772. The van der Waals surface area contributed by atoms with Gasteiger partial charge in [0.15, 0.2) is 0 Å². The first-order chi connectivity index (χ1) is 9.08. The second-order valence-electron chi connectivity index (χ2n) is 4.32. The molecule has 0 radical (unpaired) electrons. The molecule has 1 aromatic carbocycles. The zero-order valence-electron chi connectivity index (χ0n) is 10.9. The van der Waals surface area contributed by atoms with Gasteiger partial charge in [0.05, 0.1) is 10.6 Å². The zero-order valence-corrected chi connectivity index (χ0v) is 13.3. The Kier molecular flexibility index (Phi) is 4.71.